The van der Waals surface area contributed by atoms with E-state index in [1.807, 2.05) is 36.4 Å². The van der Waals surface area contributed by atoms with E-state index in [0.717, 1.165) is 29.3 Å². The third-order valence-electron chi connectivity index (χ3n) is 8.16. The average Bonchev–Trinajstić information content (AvgIpc) is 2.92. The topological polar surface area (TPSA) is 60.7 Å². The van der Waals surface area contributed by atoms with E-state index in [2.05, 4.69) is 65.0 Å². The highest BCUT2D eigenvalue weighted by Crippen LogP contribution is 2.44. The molecule has 37 heavy (non-hydrogen) atoms. The predicted octanol–water partition coefficient (Wildman–Crippen LogP) is 7.42. The Morgan fingerprint density at radius 3 is 1.97 bits per heavy atom. The van der Waals surface area contributed by atoms with Crippen LogP contribution in [0.4, 0.5) is 0 Å². The average molecular weight is 524 g/mol. The van der Waals surface area contributed by atoms with E-state index in [9.17, 15) is 5.26 Å². The van der Waals surface area contributed by atoms with Crippen LogP contribution < -0.4 is 0 Å². The van der Waals surface area contributed by atoms with E-state index in [4.69, 9.17) is 18.6 Å². The van der Waals surface area contributed by atoms with Crippen molar-refractivity contribution < 1.29 is 18.6 Å². The van der Waals surface area contributed by atoms with Gasteiger partial charge >= 0.3 is 0 Å². The minimum absolute atomic E-state index is 0.179. The van der Waals surface area contributed by atoms with Gasteiger partial charge in [-0.05, 0) is 43.1 Å². The molecule has 0 aliphatic carbocycles. The van der Waals surface area contributed by atoms with Gasteiger partial charge in [0.05, 0.1) is 43.5 Å². The second kappa shape index (κ2) is 13.7. The van der Waals surface area contributed by atoms with E-state index >= 15 is 0 Å². The first-order valence-electron chi connectivity index (χ1n) is 13.8. The Labute approximate surface area is 225 Å². The van der Waals surface area contributed by atoms with E-state index in [0.29, 0.717) is 32.7 Å². The van der Waals surface area contributed by atoms with E-state index in [1.54, 1.807) is 0 Å². The summed E-state index contributed by atoms with van der Waals surface area (Å²) in [5.41, 5.74) is 0.975. The number of nitrogens with zero attached hydrogens (tertiary/aromatic N) is 1. The number of hydrogen-bond acceptors (Lipinski definition) is 5. The largest absolute Gasteiger partial charge is 0.411 e. The van der Waals surface area contributed by atoms with Crippen LogP contribution >= 0.6 is 0 Å². The summed E-state index contributed by atoms with van der Waals surface area (Å²) in [4.78, 5) is 0. The number of nitriles is 1. The van der Waals surface area contributed by atoms with Gasteiger partial charge in [0.25, 0.3) is 0 Å². The molecule has 0 amide bonds. The van der Waals surface area contributed by atoms with Crippen LogP contribution in [0.15, 0.2) is 60.7 Å². The Hall–Kier alpha value is -2.01. The van der Waals surface area contributed by atoms with E-state index in [1.165, 1.54) is 0 Å². The molecule has 0 unspecified atom stereocenters. The van der Waals surface area contributed by atoms with Gasteiger partial charge in [0.15, 0.2) is 8.32 Å². The zero-order valence-electron chi connectivity index (χ0n) is 23.4. The first-order chi connectivity index (χ1) is 17.8. The maximum Gasteiger partial charge on any atom is 0.192 e. The number of rotatable bonds is 14. The van der Waals surface area contributed by atoms with Gasteiger partial charge in [-0.25, -0.2) is 0 Å². The van der Waals surface area contributed by atoms with Crippen molar-refractivity contribution in [2.75, 3.05) is 6.61 Å². The highest BCUT2D eigenvalue weighted by atomic mass is 28.4. The lowest BCUT2D eigenvalue weighted by Crippen LogP contribution is -2.63. The lowest BCUT2D eigenvalue weighted by molar-refractivity contribution is -0.273. The van der Waals surface area contributed by atoms with Gasteiger partial charge in [0, 0.05) is 19.4 Å². The monoisotopic (exact) mass is 523 g/mol. The van der Waals surface area contributed by atoms with Crippen molar-refractivity contribution in [2.24, 2.45) is 0 Å². The third kappa shape index (κ3) is 7.75. The van der Waals surface area contributed by atoms with Crippen LogP contribution in [-0.4, -0.2) is 38.3 Å². The molecule has 0 N–H and O–H groups in total. The summed E-state index contributed by atoms with van der Waals surface area (Å²) in [6.07, 6.45) is 1.30. The Morgan fingerprint density at radius 2 is 1.43 bits per heavy atom. The van der Waals surface area contributed by atoms with Crippen LogP contribution in [0.25, 0.3) is 0 Å². The number of benzene rings is 2. The number of ether oxygens (including phenoxy) is 3. The second-order valence-electron chi connectivity index (χ2n) is 10.7. The molecule has 1 fully saturated rings. The highest BCUT2D eigenvalue weighted by molar-refractivity contribution is 6.73. The fourth-order valence-corrected chi connectivity index (χ4v) is 8.35. The molecule has 0 spiro atoms. The van der Waals surface area contributed by atoms with Crippen molar-refractivity contribution >= 4 is 8.32 Å². The van der Waals surface area contributed by atoms with Gasteiger partial charge in [0.2, 0.25) is 0 Å². The summed E-state index contributed by atoms with van der Waals surface area (Å²) >= 11 is 0. The fourth-order valence-electron chi connectivity index (χ4n) is 5.41. The van der Waals surface area contributed by atoms with Gasteiger partial charge in [-0.15, -0.1) is 0 Å². The quantitative estimate of drug-likeness (QED) is 0.190. The molecular formula is C31H45NO4Si. The van der Waals surface area contributed by atoms with Crippen LogP contribution in [0.5, 0.6) is 0 Å². The first kappa shape index (κ1) is 29.5. The summed E-state index contributed by atoms with van der Waals surface area (Å²) in [7, 11) is -1.92. The Kier molecular flexibility index (Phi) is 10.9. The minimum atomic E-state index is -1.92. The van der Waals surface area contributed by atoms with Crippen LogP contribution in [0.2, 0.25) is 18.1 Å². The van der Waals surface area contributed by atoms with Gasteiger partial charge in [0.1, 0.15) is 5.60 Å². The Bertz CT molecular complexity index is 969. The lowest BCUT2D eigenvalue weighted by Gasteiger charge is -2.54. The predicted molar refractivity (Wildman–Crippen MR) is 151 cm³/mol. The van der Waals surface area contributed by atoms with Crippen LogP contribution in [0.1, 0.15) is 65.0 Å². The van der Waals surface area contributed by atoms with Crippen LogP contribution in [0.3, 0.4) is 0 Å². The second-order valence-corrected chi connectivity index (χ2v) is 15.4. The zero-order chi connectivity index (χ0) is 26.8. The molecule has 4 atom stereocenters. The molecule has 1 aliphatic rings. The van der Waals surface area contributed by atoms with Gasteiger partial charge in [-0.1, -0.05) is 81.4 Å². The van der Waals surface area contributed by atoms with Crippen molar-refractivity contribution in [3.63, 3.8) is 0 Å². The maximum atomic E-state index is 9.77. The number of hydrogen-bond donors (Lipinski definition) is 0. The van der Waals surface area contributed by atoms with Crippen molar-refractivity contribution in [1.29, 1.82) is 5.26 Å². The fraction of sp³-hybridized carbons (Fsp3) is 0.581. The standard InChI is InChI=1S/C31H45NO4Si/c1-6-37(7-2,8-3)35-29-23-28(34-25-27-17-13-10-14-18-27)31(5,36-30(29,4)19-21-32)20-22-33-24-26-15-11-9-12-16-26/h9-18,28-29H,6-8,19-20,22-25H2,1-5H3/t28-,29+,30-,31+/m1/s1. The van der Waals surface area contributed by atoms with Crippen molar-refractivity contribution in [3.8, 4) is 6.07 Å². The molecule has 1 saturated heterocycles. The van der Waals surface area contributed by atoms with E-state index < -0.39 is 19.5 Å². The summed E-state index contributed by atoms with van der Waals surface area (Å²) < 4.78 is 26.6. The van der Waals surface area contributed by atoms with Gasteiger partial charge in [-0.2, -0.15) is 5.26 Å². The molecule has 0 saturated carbocycles. The lowest BCUT2D eigenvalue weighted by atomic mass is 9.79. The summed E-state index contributed by atoms with van der Waals surface area (Å²) in [6.45, 7) is 12.5. The van der Waals surface area contributed by atoms with Crippen molar-refractivity contribution in [2.45, 2.75) is 109 Å². The van der Waals surface area contributed by atoms with Gasteiger partial charge in [-0.3, -0.25) is 0 Å². The highest BCUT2D eigenvalue weighted by Gasteiger charge is 2.54. The Morgan fingerprint density at radius 1 is 0.865 bits per heavy atom. The maximum absolute atomic E-state index is 9.77. The zero-order valence-corrected chi connectivity index (χ0v) is 24.4. The molecule has 1 heterocycles. The SMILES string of the molecule is CC[Si](CC)(CC)O[C@H]1C[C@@H](OCc2ccccc2)[C@](C)(CCOCc2ccccc2)O[C@]1(C)CC#N. The normalized spacial score (nSPS) is 26.1. The molecule has 0 bridgehead atoms. The van der Waals surface area contributed by atoms with Crippen LogP contribution in [-0.2, 0) is 31.9 Å². The summed E-state index contributed by atoms with van der Waals surface area (Å²) in [5.74, 6) is 0. The molecular weight excluding hydrogens is 478 g/mol. The Balaban J connectivity index is 1.81. The molecule has 202 valence electrons. The third-order valence-corrected chi connectivity index (χ3v) is 12.8. The minimum Gasteiger partial charge on any atom is -0.411 e. The van der Waals surface area contributed by atoms with Crippen molar-refractivity contribution in [1.82, 2.24) is 0 Å². The summed E-state index contributed by atoms with van der Waals surface area (Å²) in [5, 5.41) is 9.77. The molecule has 5 nitrogen and oxygen atoms in total. The molecule has 0 aromatic heterocycles. The molecule has 2 aromatic carbocycles. The molecule has 2 aromatic rings. The van der Waals surface area contributed by atoms with Crippen LogP contribution in [0, 0.1) is 11.3 Å². The first-order valence-corrected chi connectivity index (χ1v) is 16.4. The molecule has 0 radical (unpaired) electrons. The molecule has 1 aliphatic heterocycles. The summed E-state index contributed by atoms with van der Waals surface area (Å²) in [6, 6.07) is 26.0. The van der Waals surface area contributed by atoms with Crippen molar-refractivity contribution in [3.05, 3.63) is 71.8 Å². The van der Waals surface area contributed by atoms with Gasteiger partial charge < -0.3 is 18.6 Å². The molecule has 3 rings (SSSR count). The molecule has 6 heteroatoms. The smallest absolute Gasteiger partial charge is 0.192 e. The van der Waals surface area contributed by atoms with E-state index in [-0.39, 0.29) is 18.6 Å².